The number of carbonyl (C=O) groups excluding carboxylic acids is 1. The molecule has 2 rings (SSSR count). The number of nitrogens with one attached hydrogen (secondary N) is 1. The van der Waals surface area contributed by atoms with Gasteiger partial charge in [-0.2, -0.15) is 0 Å². The molecule has 0 aliphatic rings. The van der Waals surface area contributed by atoms with Gasteiger partial charge in [0.2, 0.25) is 5.91 Å². The fourth-order valence-electron chi connectivity index (χ4n) is 1.86. The van der Waals surface area contributed by atoms with Gasteiger partial charge in [0.1, 0.15) is 0 Å². The third-order valence-corrected chi connectivity index (χ3v) is 2.90. The largest absolute Gasteiger partial charge is 0.396 e. The Bertz CT molecular complexity index is 523. The van der Waals surface area contributed by atoms with Crippen LogP contribution in [0, 0.1) is 0 Å². The molecule has 0 bridgehead atoms. The van der Waals surface area contributed by atoms with E-state index in [-0.39, 0.29) is 12.5 Å². The first-order valence-electron chi connectivity index (χ1n) is 6.61. The molecule has 0 radical (unpaired) electrons. The van der Waals surface area contributed by atoms with Crippen molar-refractivity contribution in [1.82, 2.24) is 15.0 Å². The molecule has 0 unspecified atom stereocenters. The first-order valence-corrected chi connectivity index (χ1v) is 6.61. The number of aliphatic hydroxyl groups excluding tert-OH is 1. The minimum absolute atomic E-state index is 0.0139. The lowest BCUT2D eigenvalue weighted by molar-refractivity contribution is -0.116. The van der Waals surface area contributed by atoms with Gasteiger partial charge in [-0.1, -0.05) is 17.3 Å². The van der Waals surface area contributed by atoms with Crippen LogP contribution in [0.2, 0.25) is 0 Å². The zero-order valence-electron chi connectivity index (χ0n) is 11.2. The fourth-order valence-corrected chi connectivity index (χ4v) is 1.86. The molecule has 1 aromatic carbocycles. The molecule has 2 N–H and O–H groups in total. The predicted octanol–water partition coefficient (Wildman–Crippen LogP) is 1.23. The van der Waals surface area contributed by atoms with Crippen LogP contribution in [0.3, 0.4) is 0 Å². The maximum atomic E-state index is 11.8. The van der Waals surface area contributed by atoms with E-state index < -0.39 is 0 Å². The lowest BCUT2D eigenvalue weighted by Crippen LogP contribution is -2.12. The number of benzene rings is 1. The molecule has 0 atom stereocenters. The van der Waals surface area contributed by atoms with E-state index in [1.165, 1.54) is 0 Å². The maximum absolute atomic E-state index is 11.8. The molecule has 1 amide bonds. The molecule has 1 aromatic heterocycles. The second-order valence-electron chi connectivity index (χ2n) is 4.49. The van der Waals surface area contributed by atoms with Gasteiger partial charge in [-0.25, -0.2) is 0 Å². The van der Waals surface area contributed by atoms with Crippen molar-refractivity contribution in [3.05, 3.63) is 42.2 Å². The minimum Gasteiger partial charge on any atom is -0.396 e. The quantitative estimate of drug-likeness (QED) is 0.796. The minimum atomic E-state index is -0.0139. The molecular weight excluding hydrogens is 256 g/mol. The summed E-state index contributed by atoms with van der Waals surface area (Å²) in [5.41, 5.74) is 1.83. The highest BCUT2D eigenvalue weighted by molar-refractivity contribution is 5.90. The molecule has 0 spiro atoms. The van der Waals surface area contributed by atoms with Crippen LogP contribution in [0.1, 0.15) is 18.4 Å². The molecular formula is C14H18N4O2. The Morgan fingerprint density at radius 3 is 2.75 bits per heavy atom. The van der Waals surface area contributed by atoms with Crippen molar-refractivity contribution in [2.45, 2.75) is 25.8 Å². The van der Waals surface area contributed by atoms with Crippen LogP contribution in [0.25, 0.3) is 0 Å². The van der Waals surface area contributed by atoms with Crippen molar-refractivity contribution < 1.29 is 9.90 Å². The molecule has 0 aliphatic heterocycles. The number of aliphatic hydroxyl groups is 1. The van der Waals surface area contributed by atoms with E-state index in [2.05, 4.69) is 15.6 Å². The number of amides is 1. The number of hydrogen-bond donors (Lipinski definition) is 2. The van der Waals surface area contributed by atoms with E-state index in [4.69, 9.17) is 5.11 Å². The van der Waals surface area contributed by atoms with Gasteiger partial charge in [0, 0.05) is 31.5 Å². The third kappa shape index (κ3) is 4.47. The van der Waals surface area contributed by atoms with Crippen LogP contribution in [-0.4, -0.2) is 32.6 Å². The number of nitrogens with zero attached hydrogens (tertiary/aromatic N) is 3. The summed E-state index contributed by atoms with van der Waals surface area (Å²) >= 11 is 0. The van der Waals surface area contributed by atoms with Crippen LogP contribution >= 0.6 is 0 Å². The second-order valence-corrected chi connectivity index (χ2v) is 4.49. The van der Waals surface area contributed by atoms with Crippen LogP contribution < -0.4 is 5.32 Å². The van der Waals surface area contributed by atoms with Crippen molar-refractivity contribution in [3.8, 4) is 0 Å². The summed E-state index contributed by atoms with van der Waals surface area (Å²) in [5, 5.41) is 19.2. The Balaban J connectivity index is 1.73. The predicted molar refractivity (Wildman–Crippen MR) is 75.1 cm³/mol. The number of anilines is 1. The molecule has 6 heteroatoms. The summed E-state index contributed by atoms with van der Waals surface area (Å²) in [5.74, 6) is -0.0139. The van der Waals surface area contributed by atoms with Gasteiger partial charge in [0.05, 0.1) is 6.20 Å². The number of aryl methyl sites for hydroxylation is 1. The van der Waals surface area contributed by atoms with Crippen molar-refractivity contribution in [2.75, 3.05) is 11.9 Å². The van der Waals surface area contributed by atoms with Gasteiger partial charge in [0.25, 0.3) is 0 Å². The van der Waals surface area contributed by atoms with Gasteiger partial charge < -0.3 is 10.4 Å². The number of hydrogen-bond acceptors (Lipinski definition) is 4. The Morgan fingerprint density at radius 2 is 2.10 bits per heavy atom. The summed E-state index contributed by atoms with van der Waals surface area (Å²) < 4.78 is 1.71. The second kappa shape index (κ2) is 7.40. The topological polar surface area (TPSA) is 80.0 Å². The molecule has 20 heavy (non-hydrogen) atoms. The highest BCUT2D eigenvalue weighted by Gasteiger charge is 2.03. The molecule has 0 saturated carbocycles. The highest BCUT2D eigenvalue weighted by Crippen LogP contribution is 2.10. The van der Waals surface area contributed by atoms with Crippen LogP contribution in [-0.2, 0) is 17.8 Å². The van der Waals surface area contributed by atoms with Crippen molar-refractivity contribution in [1.29, 1.82) is 0 Å². The van der Waals surface area contributed by atoms with Gasteiger partial charge in [-0.05, 0) is 30.5 Å². The Hall–Kier alpha value is -2.21. The van der Waals surface area contributed by atoms with Crippen LogP contribution in [0.5, 0.6) is 0 Å². The first kappa shape index (κ1) is 14.2. The number of rotatable bonds is 7. The third-order valence-electron chi connectivity index (χ3n) is 2.90. The standard InChI is InChI=1S/C14H18N4O2/c19-11-7-12-3-5-13(6-4-12)16-14(20)2-1-9-18-10-8-15-17-18/h3-6,8,10,19H,1-2,7,9,11H2,(H,16,20). The maximum Gasteiger partial charge on any atom is 0.224 e. The van der Waals surface area contributed by atoms with Crippen molar-refractivity contribution >= 4 is 11.6 Å². The molecule has 106 valence electrons. The molecule has 0 saturated heterocycles. The van der Waals surface area contributed by atoms with Crippen molar-refractivity contribution in [2.24, 2.45) is 0 Å². The van der Waals surface area contributed by atoms with Gasteiger partial charge in [-0.3, -0.25) is 9.48 Å². The van der Waals surface area contributed by atoms with Crippen LogP contribution in [0.15, 0.2) is 36.7 Å². The first-order chi connectivity index (χ1) is 9.78. The Morgan fingerprint density at radius 1 is 1.30 bits per heavy atom. The normalized spacial score (nSPS) is 10.4. The molecule has 0 fully saturated rings. The average Bonchev–Trinajstić information content (AvgIpc) is 2.94. The van der Waals surface area contributed by atoms with E-state index in [1.54, 1.807) is 17.1 Å². The smallest absolute Gasteiger partial charge is 0.224 e. The zero-order valence-corrected chi connectivity index (χ0v) is 11.2. The highest BCUT2D eigenvalue weighted by atomic mass is 16.2. The van der Waals surface area contributed by atoms with Gasteiger partial charge in [0.15, 0.2) is 0 Å². The van der Waals surface area contributed by atoms with Gasteiger partial charge >= 0.3 is 0 Å². The summed E-state index contributed by atoms with van der Waals surface area (Å²) in [4.78, 5) is 11.8. The molecule has 0 aliphatic carbocycles. The van der Waals surface area contributed by atoms with Crippen LogP contribution in [0.4, 0.5) is 5.69 Å². The summed E-state index contributed by atoms with van der Waals surface area (Å²) in [6, 6.07) is 7.50. The molecule has 2 aromatic rings. The SMILES string of the molecule is O=C(CCCn1ccnn1)Nc1ccc(CCO)cc1. The monoisotopic (exact) mass is 274 g/mol. The Labute approximate surface area is 117 Å². The number of carbonyl (C=O) groups is 1. The summed E-state index contributed by atoms with van der Waals surface area (Å²) in [7, 11) is 0. The average molecular weight is 274 g/mol. The zero-order chi connectivity index (χ0) is 14.2. The van der Waals surface area contributed by atoms with E-state index >= 15 is 0 Å². The van der Waals surface area contributed by atoms with E-state index in [0.717, 1.165) is 17.7 Å². The summed E-state index contributed by atoms with van der Waals surface area (Å²) in [6.07, 6.45) is 5.19. The van der Waals surface area contributed by atoms with Gasteiger partial charge in [-0.15, -0.1) is 5.10 Å². The lowest BCUT2D eigenvalue weighted by atomic mass is 10.1. The lowest BCUT2D eigenvalue weighted by Gasteiger charge is -2.06. The van der Waals surface area contributed by atoms with E-state index in [1.807, 2.05) is 24.3 Å². The fraction of sp³-hybridized carbons (Fsp3) is 0.357. The molecule has 1 heterocycles. The Kier molecular flexibility index (Phi) is 5.25. The van der Waals surface area contributed by atoms with Crippen molar-refractivity contribution in [3.63, 3.8) is 0 Å². The van der Waals surface area contributed by atoms with E-state index in [9.17, 15) is 4.79 Å². The number of aromatic nitrogens is 3. The summed E-state index contributed by atoms with van der Waals surface area (Å²) in [6.45, 7) is 0.816. The molecule has 6 nitrogen and oxygen atoms in total. The van der Waals surface area contributed by atoms with E-state index in [0.29, 0.717) is 19.4 Å².